The van der Waals surface area contributed by atoms with E-state index in [4.69, 9.17) is 28.6 Å². The largest absolute Gasteiger partial charge is 0.492 e. The number of anilines is 2. The van der Waals surface area contributed by atoms with Crippen molar-refractivity contribution in [1.29, 1.82) is 5.41 Å². The number of carbonyl (C=O) groups is 1. The highest BCUT2D eigenvalue weighted by molar-refractivity contribution is 7.11. The topological polar surface area (TPSA) is 129 Å². The maximum atomic E-state index is 13.2. The van der Waals surface area contributed by atoms with Crippen LogP contribution in [0.2, 0.25) is 10.0 Å². The first-order valence-electron chi connectivity index (χ1n) is 10.8. The molecule has 0 fully saturated rings. The zero-order valence-electron chi connectivity index (χ0n) is 19.0. The number of aromatic hydroxyl groups is 1. The molecule has 4 heterocycles. The molecular weight excluding hydrogens is 521 g/mol. The summed E-state index contributed by atoms with van der Waals surface area (Å²) in [5, 5.41) is 27.3. The van der Waals surface area contributed by atoms with E-state index in [-0.39, 0.29) is 34.9 Å². The third kappa shape index (κ3) is 4.34. The SMILES string of the molecule is CC(C)NC(=N)c1c(O)nsc1Nc1ccc(C(=O)n2ccc3c4cc(Cl)c(Cl)cc4ncc32)nc1. The predicted molar refractivity (Wildman–Crippen MR) is 143 cm³/mol. The van der Waals surface area contributed by atoms with Crippen LogP contribution in [-0.2, 0) is 0 Å². The van der Waals surface area contributed by atoms with Gasteiger partial charge in [-0.15, -0.1) is 0 Å². The van der Waals surface area contributed by atoms with Crippen molar-refractivity contribution in [2.75, 3.05) is 5.32 Å². The van der Waals surface area contributed by atoms with Gasteiger partial charge in [-0.25, -0.2) is 4.98 Å². The molecule has 4 N–H and O–H groups in total. The summed E-state index contributed by atoms with van der Waals surface area (Å²) < 4.78 is 5.42. The highest BCUT2D eigenvalue weighted by atomic mass is 35.5. The zero-order valence-corrected chi connectivity index (χ0v) is 21.3. The van der Waals surface area contributed by atoms with E-state index in [2.05, 4.69) is 25.0 Å². The second kappa shape index (κ2) is 9.38. The molecule has 0 spiro atoms. The molecule has 0 unspecified atom stereocenters. The van der Waals surface area contributed by atoms with Crippen LogP contribution in [0.5, 0.6) is 5.88 Å². The number of carbonyl (C=O) groups excluding carboxylic acids is 1. The summed E-state index contributed by atoms with van der Waals surface area (Å²) in [6.07, 6.45) is 4.80. The van der Waals surface area contributed by atoms with E-state index in [9.17, 15) is 9.90 Å². The molecule has 182 valence electrons. The normalized spacial score (nSPS) is 11.4. The van der Waals surface area contributed by atoms with Crippen molar-refractivity contribution in [2.24, 2.45) is 0 Å². The first-order chi connectivity index (χ1) is 17.2. The second-order valence-corrected chi connectivity index (χ2v) is 9.86. The van der Waals surface area contributed by atoms with Gasteiger partial charge in [-0.1, -0.05) is 23.2 Å². The summed E-state index contributed by atoms with van der Waals surface area (Å²) in [5.41, 5.74) is 2.38. The van der Waals surface area contributed by atoms with E-state index in [0.717, 1.165) is 22.3 Å². The summed E-state index contributed by atoms with van der Waals surface area (Å²) in [5.74, 6) is -0.496. The number of nitrogens with zero attached hydrogens (tertiary/aromatic N) is 4. The molecule has 5 rings (SSSR count). The van der Waals surface area contributed by atoms with Gasteiger partial charge >= 0.3 is 0 Å². The quantitative estimate of drug-likeness (QED) is 0.164. The standard InChI is InChI=1S/C24H19Cl2N7O2S/c1-11(2)30-21(27)20-22(34)32-36-23(20)31-12-3-4-17(28-9-12)24(35)33-6-5-13-14-7-15(25)16(26)8-18(14)29-10-19(13)33/h3-11,31H,1-2H3,(H2,27,30)(H,32,34). The predicted octanol–water partition coefficient (Wildman–Crippen LogP) is 5.81. The number of halogens is 2. The Morgan fingerprint density at radius 2 is 1.89 bits per heavy atom. The molecule has 0 atom stereocenters. The Kier molecular flexibility index (Phi) is 6.25. The fraction of sp³-hybridized carbons (Fsp3) is 0.125. The fourth-order valence-electron chi connectivity index (χ4n) is 3.77. The summed E-state index contributed by atoms with van der Waals surface area (Å²) in [4.78, 5) is 22.0. The van der Waals surface area contributed by atoms with Crippen LogP contribution in [0.3, 0.4) is 0 Å². The van der Waals surface area contributed by atoms with Crippen LogP contribution in [0.1, 0.15) is 29.9 Å². The van der Waals surface area contributed by atoms with Crippen molar-refractivity contribution in [3.63, 3.8) is 0 Å². The first-order valence-corrected chi connectivity index (χ1v) is 12.3. The number of benzene rings is 1. The monoisotopic (exact) mass is 539 g/mol. The number of nitrogens with one attached hydrogen (secondary N) is 3. The van der Waals surface area contributed by atoms with Gasteiger partial charge in [0.2, 0.25) is 5.88 Å². The average Bonchev–Trinajstić information content (AvgIpc) is 3.43. The Morgan fingerprint density at radius 3 is 2.61 bits per heavy atom. The number of amidine groups is 1. The van der Waals surface area contributed by atoms with Crippen molar-refractivity contribution in [1.82, 2.24) is 24.2 Å². The van der Waals surface area contributed by atoms with Gasteiger partial charge in [0.15, 0.2) is 0 Å². The Balaban J connectivity index is 1.41. The summed E-state index contributed by atoms with van der Waals surface area (Å²) >= 11 is 13.3. The smallest absolute Gasteiger partial charge is 0.280 e. The van der Waals surface area contributed by atoms with Gasteiger partial charge in [0.25, 0.3) is 5.91 Å². The molecule has 9 nitrogen and oxygen atoms in total. The highest BCUT2D eigenvalue weighted by Crippen LogP contribution is 2.33. The van der Waals surface area contributed by atoms with Gasteiger partial charge in [-0.05, 0) is 55.7 Å². The summed E-state index contributed by atoms with van der Waals surface area (Å²) in [6.45, 7) is 3.80. The van der Waals surface area contributed by atoms with Crippen LogP contribution in [0.25, 0.3) is 21.8 Å². The van der Waals surface area contributed by atoms with E-state index >= 15 is 0 Å². The van der Waals surface area contributed by atoms with Crippen LogP contribution < -0.4 is 10.6 Å². The van der Waals surface area contributed by atoms with Gasteiger partial charge in [-0.3, -0.25) is 19.8 Å². The molecule has 0 aliphatic carbocycles. The van der Waals surface area contributed by atoms with Crippen LogP contribution in [0, 0.1) is 5.41 Å². The van der Waals surface area contributed by atoms with Crippen LogP contribution in [-0.4, -0.2) is 41.8 Å². The number of hydrogen-bond donors (Lipinski definition) is 4. The molecule has 0 saturated heterocycles. The number of rotatable bonds is 5. The van der Waals surface area contributed by atoms with Crippen molar-refractivity contribution in [3.05, 3.63) is 70.2 Å². The van der Waals surface area contributed by atoms with Crippen molar-refractivity contribution < 1.29 is 9.90 Å². The molecular formula is C24H19Cl2N7O2S. The van der Waals surface area contributed by atoms with E-state index in [1.165, 1.54) is 10.8 Å². The maximum absolute atomic E-state index is 13.2. The van der Waals surface area contributed by atoms with Crippen molar-refractivity contribution in [2.45, 2.75) is 19.9 Å². The minimum absolute atomic E-state index is 0.0179. The van der Waals surface area contributed by atoms with Crippen LogP contribution >= 0.6 is 34.7 Å². The number of aromatic nitrogens is 4. The van der Waals surface area contributed by atoms with Crippen LogP contribution in [0.15, 0.2) is 48.9 Å². The summed E-state index contributed by atoms with van der Waals surface area (Å²) in [6, 6.07) is 8.57. The van der Waals surface area contributed by atoms with E-state index in [1.54, 1.807) is 36.7 Å². The maximum Gasteiger partial charge on any atom is 0.280 e. The Labute approximate surface area is 219 Å². The molecule has 0 saturated carbocycles. The lowest BCUT2D eigenvalue weighted by atomic mass is 10.1. The second-order valence-electron chi connectivity index (χ2n) is 8.27. The molecule has 0 aliphatic heterocycles. The number of fused-ring (bicyclic) bond motifs is 3. The van der Waals surface area contributed by atoms with Crippen molar-refractivity contribution in [3.8, 4) is 5.88 Å². The molecule has 1 aromatic carbocycles. The molecule has 0 aliphatic rings. The minimum Gasteiger partial charge on any atom is -0.492 e. The van der Waals surface area contributed by atoms with Gasteiger partial charge < -0.3 is 15.7 Å². The first kappa shape index (κ1) is 24.0. The van der Waals surface area contributed by atoms with Crippen molar-refractivity contribution >= 4 is 79.0 Å². The minimum atomic E-state index is -0.322. The third-order valence-corrected chi connectivity index (χ3v) is 6.87. The Hall–Kier alpha value is -3.73. The zero-order chi connectivity index (χ0) is 25.6. The molecule has 36 heavy (non-hydrogen) atoms. The van der Waals surface area contributed by atoms with Gasteiger partial charge in [0.05, 0.1) is 39.2 Å². The average molecular weight is 540 g/mol. The van der Waals surface area contributed by atoms with Gasteiger partial charge in [0.1, 0.15) is 22.1 Å². The third-order valence-electron chi connectivity index (χ3n) is 5.40. The highest BCUT2D eigenvalue weighted by Gasteiger charge is 2.20. The number of hydrogen-bond acceptors (Lipinski definition) is 8. The molecule has 12 heteroatoms. The van der Waals surface area contributed by atoms with Gasteiger partial charge in [0, 0.05) is 23.0 Å². The summed E-state index contributed by atoms with van der Waals surface area (Å²) in [7, 11) is 0. The van der Waals surface area contributed by atoms with E-state index in [1.807, 2.05) is 19.9 Å². The molecule has 0 radical (unpaired) electrons. The lowest BCUT2D eigenvalue weighted by Gasteiger charge is -2.12. The van der Waals surface area contributed by atoms with E-state index < -0.39 is 0 Å². The molecule has 0 bridgehead atoms. The molecule has 5 aromatic rings. The fourth-order valence-corrected chi connectivity index (χ4v) is 4.81. The van der Waals surface area contributed by atoms with E-state index in [0.29, 0.717) is 31.8 Å². The Morgan fingerprint density at radius 1 is 1.11 bits per heavy atom. The lowest BCUT2D eigenvalue weighted by Crippen LogP contribution is -2.30. The molecule has 4 aromatic heterocycles. The lowest BCUT2D eigenvalue weighted by molar-refractivity contribution is 0.0960. The van der Waals surface area contributed by atoms with Gasteiger partial charge in [-0.2, -0.15) is 4.37 Å². The van der Waals surface area contributed by atoms with Crippen LogP contribution in [0.4, 0.5) is 10.7 Å². The molecule has 0 amide bonds. The Bertz CT molecular complexity index is 1640. The number of pyridine rings is 2.